The number of carbonyl (C=O) groups is 1. The first kappa shape index (κ1) is 20.9. The molecule has 2 aromatic carbocycles. The molecule has 0 unspecified atom stereocenters. The van der Waals surface area contributed by atoms with E-state index in [1.807, 2.05) is 25.1 Å². The SMILES string of the molecule is COc1cc(C)c(CN(C)C(=O)NCc2cc(Cl)c3c(c2)OCCO3)cc1OC. The number of hydrogen-bond acceptors (Lipinski definition) is 5. The van der Waals surface area contributed by atoms with Crippen LogP contribution >= 0.6 is 11.6 Å². The van der Waals surface area contributed by atoms with E-state index < -0.39 is 0 Å². The molecular formula is C21H25ClN2O5. The maximum atomic E-state index is 12.6. The second-order valence-electron chi connectivity index (χ2n) is 6.75. The lowest BCUT2D eigenvalue weighted by atomic mass is 10.1. The molecular weight excluding hydrogens is 396 g/mol. The molecule has 1 aliphatic rings. The van der Waals surface area contributed by atoms with E-state index in [2.05, 4.69) is 5.32 Å². The summed E-state index contributed by atoms with van der Waals surface area (Å²) in [6.07, 6.45) is 0. The van der Waals surface area contributed by atoms with Crippen molar-refractivity contribution in [3.63, 3.8) is 0 Å². The number of urea groups is 1. The smallest absolute Gasteiger partial charge is 0.317 e. The summed E-state index contributed by atoms with van der Waals surface area (Å²) in [5, 5.41) is 3.37. The molecule has 0 bridgehead atoms. The minimum Gasteiger partial charge on any atom is -0.493 e. The number of aryl methyl sites for hydroxylation is 1. The summed E-state index contributed by atoms with van der Waals surface area (Å²) in [5.41, 5.74) is 2.83. The van der Waals surface area contributed by atoms with E-state index in [1.165, 1.54) is 0 Å². The van der Waals surface area contributed by atoms with Gasteiger partial charge in [0.2, 0.25) is 0 Å². The fourth-order valence-electron chi connectivity index (χ4n) is 3.10. The van der Waals surface area contributed by atoms with Crippen LogP contribution in [0, 0.1) is 6.92 Å². The van der Waals surface area contributed by atoms with E-state index in [9.17, 15) is 4.79 Å². The molecule has 1 aliphatic heterocycles. The van der Waals surface area contributed by atoms with Gasteiger partial charge in [0.05, 0.1) is 19.2 Å². The van der Waals surface area contributed by atoms with Crippen LogP contribution in [0.5, 0.6) is 23.0 Å². The number of nitrogens with zero attached hydrogens (tertiary/aromatic N) is 1. The van der Waals surface area contributed by atoms with Gasteiger partial charge in [0.1, 0.15) is 13.2 Å². The number of rotatable bonds is 6. The molecule has 0 atom stereocenters. The first-order chi connectivity index (χ1) is 13.9. The highest BCUT2D eigenvalue weighted by molar-refractivity contribution is 6.32. The average Bonchev–Trinajstić information content (AvgIpc) is 2.73. The quantitative estimate of drug-likeness (QED) is 0.770. The Balaban J connectivity index is 1.64. The number of methoxy groups -OCH3 is 2. The monoisotopic (exact) mass is 420 g/mol. The first-order valence-corrected chi connectivity index (χ1v) is 9.59. The third-order valence-corrected chi connectivity index (χ3v) is 4.98. The summed E-state index contributed by atoms with van der Waals surface area (Å²) in [6.45, 7) is 3.68. The second-order valence-corrected chi connectivity index (χ2v) is 7.16. The summed E-state index contributed by atoms with van der Waals surface area (Å²) in [6, 6.07) is 7.19. The Labute approximate surface area is 175 Å². The molecule has 0 aromatic heterocycles. The van der Waals surface area contributed by atoms with Gasteiger partial charge in [-0.2, -0.15) is 0 Å². The van der Waals surface area contributed by atoms with Crippen LogP contribution in [0.2, 0.25) is 5.02 Å². The zero-order chi connectivity index (χ0) is 21.0. The Morgan fingerprint density at radius 1 is 1.14 bits per heavy atom. The highest BCUT2D eigenvalue weighted by Gasteiger charge is 2.18. The molecule has 0 saturated carbocycles. The normalized spacial score (nSPS) is 12.3. The Morgan fingerprint density at radius 3 is 2.55 bits per heavy atom. The molecule has 0 spiro atoms. The summed E-state index contributed by atoms with van der Waals surface area (Å²) in [4.78, 5) is 14.2. The number of ether oxygens (including phenoxy) is 4. The topological polar surface area (TPSA) is 69.3 Å². The Bertz CT molecular complexity index is 903. The fraction of sp³-hybridized carbons (Fsp3) is 0.381. The zero-order valence-electron chi connectivity index (χ0n) is 17.0. The van der Waals surface area contributed by atoms with Gasteiger partial charge in [0, 0.05) is 20.1 Å². The molecule has 7 nitrogen and oxygen atoms in total. The van der Waals surface area contributed by atoms with Crippen LogP contribution in [-0.2, 0) is 13.1 Å². The zero-order valence-corrected chi connectivity index (χ0v) is 17.8. The lowest BCUT2D eigenvalue weighted by Crippen LogP contribution is -2.36. The van der Waals surface area contributed by atoms with E-state index >= 15 is 0 Å². The van der Waals surface area contributed by atoms with Crippen LogP contribution < -0.4 is 24.3 Å². The van der Waals surface area contributed by atoms with Crippen molar-refractivity contribution in [2.45, 2.75) is 20.0 Å². The Hall–Kier alpha value is -2.80. The largest absolute Gasteiger partial charge is 0.493 e. The van der Waals surface area contributed by atoms with Crippen molar-refractivity contribution >= 4 is 17.6 Å². The molecule has 1 N–H and O–H groups in total. The lowest BCUT2D eigenvalue weighted by Gasteiger charge is -2.22. The molecule has 1 heterocycles. The third kappa shape index (κ3) is 4.79. The van der Waals surface area contributed by atoms with Crippen molar-refractivity contribution < 1.29 is 23.7 Å². The fourth-order valence-corrected chi connectivity index (χ4v) is 3.39. The predicted molar refractivity (Wildman–Crippen MR) is 110 cm³/mol. The minimum absolute atomic E-state index is 0.204. The molecule has 3 rings (SSSR count). The van der Waals surface area contributed by atoms with Crippen LogP contribution in [0.4, 0.5) is 4.79 Å². The summed E-state index contributed by atoms with van der Waals surface area (Å²) >= 11 is 6.25. The highest BCUT2D eigenvalue weighted by atomic mass is 35.5. The van der Waals surface area contributed by atoms with E-state index in [4.69, 9.17) is 30.5 Å². The van der Waals surface area contributed by atoms with E-state index in [1.54, 1.807) is 32.2 Å². The van der Waals surface area contributed by atoms with Gasteiger partial charge in [0.15, 0.2) is 23.0 Å². The van der Waals surface area contributed by atoms with Crippen LogP contribution in [0.3, 0.4) is 0 Å². The van der Waals surface area contributed by atoms with Crippen molar-refractivity contribution in [2.24, 2.45) is 0 Å². The number of benzene rings is 2. The molecule has 0 fully saturated rings. The van der Waals surface area contributed by atoms with Crippen LogP contribution in [0.25, 0.3) is 0 Å². The molecule has 156 valence electrons. The number of halogens is 1. The van der Waals surface area contributed by atoms with Gasteiger partial charge in [-0.3, -0.25) is 0 Å². The Kier molecular flexibility index (Phi) is 6.59. The number of nitrogens with one attached hydrogen (secondary N) is 1. The van der Waals surface area contributed by atoms with Crippen molar-refractivity contribution in [1.29, 1.82) is 0 Å². The molecule has 29 heavy (non-hydrogen) atoms. The third-order valence-electron chi connectivity index (χ3n) is 4.70. The number of hydrogen-bond donors (Lipinski definition) is 1. The number of fused-ring (bicyclic) bond motifs is 1. The van der Waals surface area contributed by atoms with Crippen LogP contribution in [0.1, 0.15) is 16.7 Å². The van der Waals surface area contributed by atoms with Crippen molar-refractivity contribution in [2.75, 3.05) is 34.5 Å². The molecule has 2 aromatic rings. The van der Waals surface area contributed by atoms with Gasteiger partial charge < -0.3 is 29.2 Å². The summed E-state index contributed by atoms with van der Waals surface area (Å²) < 4.78 is 21.8. The average molecular weight is 421 g/mol. The summed E-state index contributed by atoms with van der Waals surface area (Å²) in [7, 11) is 4.93. The van der Waals surface area contributed by atoms with Crippen molar-refractivity contribution in [3.8, 4) is 23.0 Å². The maximum absolute atomic E-state index is 12.6. The number of carbonyl (C=O) groups excluding carboxylic acids is 1. The van der Waals surface area contributed by atoms with E-state index in [0.717, 1.165) is 16.7 Å². The van der Waals surface area contributed by atoms with Gasteiger partial charge in [-0.1, -0.05) is 11.6 Å². The van der Waals surface area contributed by atoms with E-state index in [0.29, 0.717) is 54.3 Å². The van der Waals surface area contributed by atoms with Gasteiger partial charge in [-0.05, 0) is 47.9 Å². The molecule has 0 aliphatic carbocycles. The molecule has 0 radical (unpaired) electrons. The molecule has 2 amide bonds. The molecule has 8 heteroatoms. The highest BCUT2D eigenvalue weighted by Crippen LogP contribution is 2.38. The van der Waals surface area contributed by atoms with Gasteiger partial charge in [-0.25, -0.2) is 4.79 Å². The van der Waals surface area contributed by atoms with Crippen molar-refractivity contribution in [1.82, 2.24) is 10.2 Å². The second kappa shape index (κ2) is 9.13. The predicted octanol–water partition coefficient (Wildman–Crippen LogP) is 3.78. The maximum Gasteiger partial charge on any atom is 0.317 e. The van der Waals surface area contributed by atoms with Crippen LogP contribution in [-0.4, -0.2) is 45.4 Å². The standard InChI is InChI=1S/C21H25ClN2O5/c1-13-7-17(26-3)18(27-4)10-15(13)12-24(2)21(25)23-11-14-8-16(22)20-19(9-14)28-5-6-29-20/h7-10H,5-6,11-12H2,1-4H3,(H,23,25). The van der Waals surface area contributed by atoms with E-state index in [-0.39, 0.29) is 6.03 Å². The Morgan fingerprint density at radius 2 is 1.83 bits per heavy atom. The lowest BCUT2D eigenvalue weighted by molar-refractivity contribution is 0.171. The van der Waals surface area contributed by atoms with Crippen molar-refractivity contribution in [3.05, 3.63) is 46.0 Å². The molecule has 0 saturated heterocycles. The summed E-state index contributed by atoms with van der Waals surface area (Å²) in [5.74, 6) is 2.44. The first-order valence-electron chi connectivity index (χ1n) is 9.21. The minimum atomic E-state index is -0.204. The van der Waals surface area contributed by atoms with Gasteiger partial charge in [-0.15, -0.1) is 0 Å². The number of amides is 2. The van der Waals surface area contributed by atoms with Crippen LogP contribution in [0.15, 0.2) is 24.3 Å². The van der Waals surface area contributed by atoms with Gasteiger partial charge in [0.25, 0.3) is 0 Å². The van der Waals surface area contributed by atoms with Gasteiger partial charge >= 0.3 is 6.03 Å².